The van der Waals surface area contributed by atoms with Crippen LogP contribution in [-0.2, 0) is 13.2 Å². The zero-order valence-corrected chi connectivity index (χ0v) is 13.9. The summed E-state index contributed by atoms with van der Waals surface area (Å²) < 4.78 is 5.94. The Morgan fingerprint density at radius 3 is 2.71 bits per heavy atom. The number of aryl methyl sites for hydroxylation is 2. The molecule has 21 heavy (non-hydrogen) atoms. The van der Waals surface area contributed by atoms with E-state index in [2.05, 4.69) is 49.3 Å². The fourth-order valence-electron chi connectivity index (χ4n) is 2.17. The summed E-state index contributed by atoms with van der Waals surface area (Å²) in [6.45, 7) is 8.88. The molecular weight excluding hydrogens is 280 g/mol. The number of rotatable bonds is 8. The molecule has 1 N–H and O–H groups in total. The van der Waals surface area contributed by atoms with E-state index in [1.165, 1.54) is 28.8 Å². The SMILES string of the molecule is CCCCNCc1cnc(COc2c(C)cccc2C)s1. The number of nitrogens with zero attached hydrogens (tertiary/aromatic N) is 1. The van der Waals surface area contributed by atoms with Crippen molar-refractivity contribution in [3.63, 3.8) is 0 Å². The molecule has 1 aromatic carbocycles. The fourth-order valence-corrected chi connectivity index (χ4v) is 2.98. The highest BCUT2D eigenvalue weighted by atomic mass is 32.1. The minimum atomic E-state index is 0.547. The van der Waals surface area contributed by atoms with Gasteiger partial charge >= 0.3 is 0 Å². The van der Waals surface area contributed by atoms with Crippen LogP contribution >= 0.6 is 11.3 Å². The van der Waals surface area contributed by atoms with Gasteiger partial charge in [0.05, 0.1) is 0 Å². The number of hydrogen-bond donors (Lipinski definition) is 1. The lowest BCUT2D eigenvalue weighted by molar-refractivity contribution is 0.301. The molecular formula is C17H24N2OS. The Bertz CT molecular complexity index is 545. The predicted octanol–water partition coefficient (Wildman–Crippen LogP) is 4.23. The largest absolute Gasteiger partial charge is 0.486 e. The number of nitrogens with one attached hydrogen (secondary N) is 1. The molecule has 0 spiro atoms. The van der Waals surface area contributed by atoms with Crippen LogP contribution in [0.15, 0.2) is 24.4 Å². The van der Waals surface area contributed by atoms with Crippen LogP contribution in [0.5, 0.6) is 5.75 Å². The summed E-state index contributed by atoms with van der Waals surface area (Å²) in [4.78, 5) is 5.71. The van der Waals surface area contributed by atoms with Crippen LogP contribution in [0.1, 0.15) is 40.8 Å². The van der Waals surface area contributed by atoms with Gasteiger partial charge in [0.1, 0.15) is 17.4 Å². The molecule has 1 aromatic heterocycles. The molecule has 0 saturated carbocycles. The molecule has 2 aromatic rings. The average Bonchev–Trinajstić information content (AvgIpc) is 2.91. The standard InChI is InChI=1S/C17H24N2OS/c1-4-5-9-18-10-15-11-19-16(21-15)12-20-17-13(2)7-6-8-14(17)3/h6-8,11,18H,4-5,9-10,12H2,1-3H3. The third kappa shape index (κ3) is 4.83. The van der Waals surface area contributed by atoms with Crippen molar-refractivity contribution in [1.82, 2.24) is 10.3 Å². The normalized spacial score (nSPS) is 10.8. The van der Waals surface area contributed by atoms with E-state index >= 15 is 0 Å². The van der Waals surface area contributed by atoms with Gasteiger partial charge in [0.2, 0.25) is 0 Å². The summed E-state index contributed by atoms with van der Waals surface area (Å²) in [5, 5.41) is 4.47. The first-order valence-electron chi connectivity index (χ1n) is 7.54. The predicted molar refractivity (Wildman–Crippen MR) is 89.0 cm³/mol. The van der Waals surface area contributed by atoms with Crippen LogP contribution in [-0.4, -0.2) is 11.5 Å². The van der Waals surface area contributed by atoms with Gasteiger partial charge in [-0.25, -0.2) is 4.98 Å². The molecule has 4 heteroatoms. The molecule has 0 aliphatic rings. The first-order valence-corrected chi connectivity index (χ1v) is 8.35. The monoisotopic (exact) mass is 304 g/mol. The summed E-state index contributed by atoms with van der Waals surface area (Å²) >= 11 is 1.72. The van der Waals surface area contributed by atoms with Crippen LogP contribution in [0.4, 0.5) is 0 Å². The third-order valence-electron chi connectivity index (χ3n) is 3.36. The lowest BCUT2D eigenvalue weighted by Gasteiger charge is -2.10. The summed E-state index contributed by atoms with van der Waals surface area (Å²) in [6.07, 6.45) is 4.40. The van der Waals surface area contributed by atoms with Gasteiger partial charge in [-0.15, -0.1) is 11.3 Å². The first kappa shape index (κ1) is 16.0. The number of unbranched alkanes of at least 4 members (excludes halogenated alkanes) is 1. The molecule has 3 nitrogen and oxygen atoms in total. The maximum atomic E-state index is 5.94. The molecule has 0 unspecified atom stereocenters. The Morgan fingerprint density at radius 2 is 2.00 bits per heavy atom. The van der Waals surface area contributed by atoms with E-state index in [1.807, 2.05) is 6.20 Å². The lowest BCUT2D eigenvalue weighted by atomic mass is 10.1. The third-order valence-corrected chi connectivity index (χ3v) is 4.33. The molecule has 0 aliphatic heterocycles. The van der Waals surface area contributed by atoms with Crippen molar-refractivity contribution in [2.24, 2.45) is 0 Å². The van der Waals surface area contributed by atoms with Crippen molar-refractivity contribution in [1.29, 1.82) is 0 Å². The van der Waals surface area contributed by atoms with Gasteiger partial charge in [-0.05, 0) is 37.9 Å². The van der Waals surface area contributed by atoms with Gasteiger partial charge in [0.15, 0.2) is 0 Å². The number of ether oxygens (including phenoxy) is 1. The maximum absolute atomic E-state index is 5.94. The Kier molecular flexibility index (Phi) is 6.21. The van der Waals surface area contributed by atoms with Gasteiger partial charge in [0, 0.05) is 17.6 Å². The summed E-state index contributed by atoms with van der Waals surface area (Å²) in [7, 11) is 0. The highest BCUT2D eigenvalue weighted by molar-refractivity contribution is 7.11. The number of thiazole rings is 1. The van der Waals surface area contributed by atoms with Crippen molar-refractivity contribution < 1.29 is 4.74 Å². The molecule has 0 saturated heterocycles. The summed E-state index contributed by atoms with van der Waals surface area (Å²) in [5.41, 5.74) is 2.35. The van der Waals surface area contributed by atoms with Gasteiger partial charge in [-0.2, -0.15) is 0 Å². The number of aromatic nitrogens is 1. The Morgan fingerprint density at radius 1 is 1.24 bits per heavy atom. The van der Waals surface area contributed by atoms with Gasteiger partial charge in [-0.3, -0.25) is 0 Å². The minimum absolute atomic E-state index is 0.547. The van der Waals surface area contributed by atoms with E-state index in [0.717, 1.165) is 23.8 Å². The van der Waals surface area contributed by atoms with Gasteiger partial charge in [-0.1, -0.05) is 31.5 Å². The molecule has 0 bridgehead atoms. The molecule has 0 radical (unpaired) electrons. The first-order chi connectivity index (χ1) is 10.2. The number of hydrogen-bond acceptors (Lipinski definition) is 4. The Hall–Kier alpha value is -1.39. The van der Waals surface area contributed by atoms with E-state index in [-0.39, 0.29) is 0 Å². The van der Waals surface area contributed by atoms with Crippen LogP contribution in [0, 0.1) is 13.8 Å². The Labute approximate surface area is 131 Å². The molecule has 1 heterocycles. The molecule has 0 atom stereocenters. The highest BCUT2D eigenvalue weighted by Gasteiger charge is 2.06. The lowest BCUT2D eigenvalue weighted by Crippen LogP contribution is -2.13. The fraction of sp³-hybridized carbons (Fsp3) is 0.471. The number of para-hydroxylation sites is 1. The average molecular weight is 304 g/mol. The molecule has 0 amide bonds. The quantitative estimate of drug-likeness (QED) is 0.741. The number of benzene rings is 1. The van der Waals surface area contributed by atoms with Crippen molar-refractivity contribution in [3.05, 3.63) is 45.4 Å². The van der Waals surface area contributed by atoms with E-state index in [1.54, 1.807) is 11.3 Å². The summed E-state index contributed by atoms with van der Waals surface area (Å²) in [5.74, 6) is 0.982. The van der Waals surface area contributed by atoms with E-state index < -0.39 is 0 Å². The van der Waals surface area contributed by atoms with Crippen molar-refractivity contribution in [3.8, 4) is 5.75 Å². The second kappa shape index (κ2) is 8.15. The molecule has 2 rings (SSSR count). The van der Waals surface area contributed by atoms with Gasteiger partial charge in [0.25, 0.3) is 0 Å². The van der Waals surface area contributed by atoms with Crippen LogP contribution in [0.25, 0.3) is 0 Å². The maximum Gasteiger partial charge on any atom is 0.140 e. The van der Waals surface area contributed by atoms with Crippen molar-refractivity contribution in [2.75, 3.05) is 6.54 Å². The van der Waals surface area contributed by atoms with Crippen molar-refractivity contribution in [2.45, 2.75) is 46.8 Å². The van der Waals surface area contributed by atoms with E-state index in [0.29, 0.717) is 6.61 Å². The van der Waals surface area contributed by atoms with E-state index in [4.69, 9.17) is 4.74 Å². The highest BCUT2D eigenvalue weighted by Crippen LogP contribution is 2.24. The second-order valence-electron chi connectivity index (χ2n) is 5.26. The summed E-state index contributed by atoms with van der Waals surface area (Å²) in [6, 6.07) is 6.21. The minimum Gasteiger partial charge on any atom is -0.486 e. The zero-order chi connectivity index (χ0) is 15.1. The van der Waals surface area contributed by atoms with E-state index in [9.17, 15) is 0 Å². The van der Waals surface area contributed by atoms with Crippen molar-refractivity contribution >= 4 is 11.3 Å². The van der Waals surface area contributed by atoms with Gasteiger partial charge < -0.3 is 10.1 Å². The molecule has 0 aliphatic carbocycles. The smallest absolute Gasteiger partial charge is 0.140 e. The topological polar surface area (TPSA) is 34.2 Å². The Balaban J connectivity index is 1.85. The van der Waals surface area contributed by atoms with Crippen LogP contribution < -0.4 is 10.1 Å². The molecule has 0 fully saturated rings. The van der Waals surface area contributed by atoms with Crippen LogP contribution in [0.3, 0.4) is 0 Å². The molecule has 114 valence electrons. The second-order valence-corrected chi connectivity index (χ2v) is 6.46. The van der Waals surface area contributed by atoms with Crippen LogP contribution in [0.2, 0.25) is 0 Å². The zero-order valence-electron chi connectivity index (χ0n) is 13.1.